The monoisotopic (exact) mass is 322 g/mol. The average Bonchev–Trinajstić information content (AvgIpc) is 3.06. The van der Waals surface area contributed by atoms with Crippen LogP contribution in [0.5, 0.6) is 0 Å². The molecule has 3 rings (SSSR count). The molecule has 0 bridgehead atoms. The maximum atomic E-state index is 5.39. The van der Waals surface area contributed by atoms with Crippen molar-refractivity contribution in [1.82, 2.24) is 14.8 Å². The standard InChI is InChI=1S/C13H14N4S3/c1-19-12-15-14-11(16-7-8-20-13(16)18)17(12)9-10-5-3-2-4-6-10/h2-6H,7-9H2,1H3. The molecule has 1 aromatic heterocycles. The molecule has 2 aromatic rings. The van der Waals surface area contributed by atoms with Crippen LogP contribution in [0.15, 0.2) is 35.5 Å². The van der Waals surface area contributed by atoms with E-state index in [0.717, 1.165) is 34.3 Å². The fraction of sp³-hybridized carbons (Fsp3) is 0.308. The highest BCUT2D eigenvalue weighted by Gasteiger charge is 2.25. The zero-order chi connectivity index (χ0) is 13.9. The third kappa shape index (κ3) is 2.70. The van der Waals surface area contributed by atoms with Crippen LogP contribution in [0.25, 0.3) is 0 Å². The summed E-state index contributed by atoms with van der Waals surface area (Å²) in [5.74, 6) is 1.87. The lowest BCUT2D eigenvalue weighted by Crippen LogP contribution is -2.26. The van der Waals surface area contributed by atoms with Crippen molar-refractivity contribution in [2.75, 3.05) is 23.5 Å². The summed E-state index contributed by atoms with van der Waals surface area (Å²) in [7, 11) is 0. The largest absolute Gasteiger partial charge is 0.295 e. The lowest BCUT2D eigenvalue weighted by atomic mass is 10.2. The Morgan fingerprint density at radius 3 is 2.75 bits per heavy atom. The summed E-state index contributed by atoms with van der Waals surface area (Å²) in [4.78, 5) is 2.08. The number of aromatic nitrogens is 3. The topological polar surface area (TPSA) is 34.0 Å². The highest BCUT2D eigenvalue weighted by Crippen LogP contribution is 2.27. The van der Waals surface area contributed by atoms with E-state index in [1.165, 1.54) is 5.56 Å². The number of anilines is 1. The molecule has 0 radical (unpaired) electrons. The molecule has 1 fully saturated rings. The fourth-order valence-electron chi connectivity index (χ4n) is 2.11. The minimum atomic E-state index is 0.767. The zero-order valence-corrected chi connectivity index (χ0v) is 13.5. The number of nitrogens with zero attached hydrogens (tertiary/aromatic N) is 4. The summed E-state index contributed by atoms with van der Waals surface area (Å²) in [6, 6.07) is 10.4. The molecule has 0 spiro atoms. The smallest absolute Gasteiger partial charge is 0.233 e. The van der Waals surface area contributed by atoms with Crippen molar-refractivity contribution in [2.24, 2.45) is 0 Å². The minimum absolute atomic E-state index is 0.767. The Kier molecular flexibility index (Phi) is 4.28. The Balaban J connectivity index is 1.95. The van der Waals surface area contributed by atoms with Crippen molar-refractivity contribution in [1.29, 1.82) is 0 Å². The van der Waals surface area contributed by atoms with Crippen molar-refractivity contribution in [3.8, 4) is 0 Å². The number of hydrogen-bond acceptors (Lipinski definition) is 5. The van der Waals surface area contributed by atoms with Gasteiger partial charge in [0.2, 0.25) is 5.95 Å². The minimum Gasteiger partial charge on any atom is -0.295 e. The van der Waals surface area contributed by atoms with Gasteiger partial charge in [0.25, 0.3) is 0 Å². The van der Waals surface area contributed by atoms with Gasteiger partial charge in [-0.15, -0.1) is 10.2 Å². The number of thiocarbonyl (C=S) groups is 1. The van der Waals surface area contributed by atoms with Gasteiger partial charge >= 0.3 is 0 Å². The van der Waals surface area contributed by atoms with Crippen LogP contribution in [0.2, 0.25) is 0 Å². The van der Waals surface area contributed by atoms with Gasteiger partial charge in [0, 0.05) is 12.3 Å². The van der Waals surface area contributed by atoms with Crippen LogP contribution in [0.3, 0.4) is 0 Å². The maximum absolute atomic E-state index is 5.39. The van der Waals surface area contributed by atoms with Gasteiger partial charge < -0.3 is 0 Å². The number of benzene rings is 1. The lowest BCUT2D eigenvalue weighted by Gasteiger charge is -2.17. The van der Waals surface area contributed by atoms with E-state index < -0.39 is 0 Å². The SMILES string of the molecule is CSc1nnc(N2CCSC2=S)n1Cc1ccccc1. The maximum Gasteiger partial charge on any atom is 0.233 e. The van der Waals surface area contributed by atoms with Gasteiger partial charge in [-0.1, -0.05) is 66.1 Å². The number of hydrogen-bond donors (Lipinski definition) is 0. The van der Waals surface area contributed by atoms with Crippen molar-refractivity contribution in [2.45, 2.75) is 11.7 Å². The average molecular weight is 322 g/mol. The third-order valence-electron chi connectivity index (χ3n) is 3.07. The summed E-state index contributed by atoms with van der Waals surface area (Å²) >= 11 is 8.70. The molecule has 0 unspecified atom stereocenters. The molecule has 0 saturated carbocycles. The summed E-state index contributed by atoms with van der Waals surface area (Å²) in [6.07, 6.45) is 2.02. The Hall–Kier alpha value is -1.05. The van der Waals surface area contributed by atoms with Gasteiger partial charge in [-0.05, 0) is 11.8 Å². The number of rotatable bonds is 4. The van der Waals surface area contributed by atoms with Gasteiger partial charge in [0.15, 0.2) is 5.16 Å². The third-order valence-corrected chi connectivity index (χ3v) is 5.16. The van der Waals surface area contributed by atoms with Gasteiger partial charge in [-0.2, -0.15) is 0 Å². The molecular weight excluding hydrogens is 308 g/mol. The van der Waals surface area contributed by atoms with E-state index in [1.54, 1.807) is 23.5 Å². The molecule has 20 heavy (non-hydrogen) atoms. The van der Waals surface area contributed by atoms with Gasteiger partial charge in [0.05, 0.1) is 6.54 Å². The Morgan fingerprint density at radius 2 is 2.10 bits per heavy atom. The highest BCUT2D eigenvalue weighted by molar-refractivity contribution is 8.23. The van der Waals surface area contributed by atoms with E-state index in [1.807, 2.05) is 12.3 Å². The van der Waals surface area contributed by atoms with Crippen molar-refractivity contribution < 1.29 is 0 Å². The van der Waals surface area contributed by atoms with Crippen LogP contribution in [0.1, 0.15) is 5.56 Å². The zero-order valence-electron chi connectivity index (χ0n) is 11.0. The van der Waals surface area contributed by atoms with Gasteiger partial charge in [-0.25, -0.2) is 0 Å². The van der Waals surface area contributed by atoms with Gasteiger partial charge in [-0.3, -0.25) is 9.47 Å². The van der Waals surface area contributed by atoms with Crippen molar-refractivity contribution in [3.63, 3.8) is 0 Å². The first-order valence-corrected chi connectivity index (χ1v) is 8.87. The molecule has 0 N–H and O–H groups in total. The Morgan fingerprint density at radius 1 is 1.30 bits per heavy atom. The van der Waals surface area contributed by atoms with Crippen LogP contribution >= 0.6 is 35.7 Å². The van der Waals surface area contributed by atoms with Crippen LogP contribution in [-0.4, -0.2) is 37.6 Å². The van der Waals surface area contributed by atoms with E-state index >= 15 is 0 Å². The molecule has 7 heteroatoms. The molecule has 0 aliphatic carbocycles. The van der Waals surface area contributed by atoms with E-state index in [-0.39, 0.29) is 0 Å². The van der Waals surface area contributed by atoms with E-state index in [9.17, 15) is 0 Å². The Labute approximate surface area is 131 Å². The predicted molar refractivity (Wildman–Crippen MR) is 89.7 cm³/mol. The second-order valence-corrected chi connectivity index (χ2v) is 6.83. The van der Waals surface area contributed by atoms with Gasteiger partial charge in [0.1, 0.15) is 4.32 Å². The van der Waals surface area contributed by atoms with E-state index in [4.69, 9.17) is 12.2 Å². The number of thioether (sulfide) groups is 2. The molecule has 1 aromatic carbocycles. The normalized spacial score (nSPS) is 15.1. The Bertz CT molecular complexity index is 611. The first kappa shape index (κ1) is 13.9. The molecule has 104 valence electrons. The lowest BCUT2D eigenvalue weighted by molar-refractivity contribution is 0.706. The second-order valence-electron chi connectivity index (χ2n) is 4.32. The molecule has 4 nitrogen and oxygen atoms in total. The van der Waals surface area contributed by atoms with Crippen LogP contribution in [-0.2, 0) is 6.54 Å². The molecular formula is C13H14N4S3. The van der Waals surface area contributed by atoms with E-state index in [2.05, 4.69) is 43.9 Å². The first-order chi connectivity index (χ1) is 9.79. The summed E-state index contributed by atoms with van der Waals surface area (Å²) < 4.78 is 3.03. The van der Waals surface area contributed by atoms with Crippen LogP contribution in [0.4, 0.5) is 5.95 Å². The molecule has 1 saturated heterocycles. The first-order valence-electron chi connectivity index (χ1n) is 6.25. The predicted octanol–water partition coefficient (Wildman–Crippen LogP) is 2.89. The quantitative estimate of drug-likeness (QED) is 0.636. The highest BCUT2D eigenvalue weighted by atomic mass is 32.2. The molecule has 1 aliphatic rings. The molecule has 0 amide bonds. The van der Waals surface area contributed by atoms with Crippen molar-refractivity contribution >= 4 is 46.0 Å². The summed E-state index contributed by atoms with van der Waals surface area (Å²) in [5.41, 5.74) is 1.24. The summed E-state index contributed by atoms with van der Waals surface area (Å²) in [5, 5.41) is 9.53. The second kappa shape index (κ2) is 6.15. The molecule has 0 atom stereocenters. The summed E-state index contributed by atoms with van der Waals surface area (Å²) in [6.45, 7) is 1.67. The molecule has 2 heterocycles. The van der Waals surface area contributed by atoms with Crippen molar-refractivity contribution in [3.05, 3.63) is 35.9 Å². The fourth-order valence-corrected chi connectivity index (χ4v) is 3.80. The van der Waals surface area contributed by atoms with E-state index in [0.29, 0.717) is 0 Å². The van der Waals surface area contributed by atoms with Crippen LogP contribution in [0, 0.1) is 0 Å². The molecule has 1 aliphatic heterocycles. The van der Waals surface area contributed by atoms with Crippen LogP contribution < -0.4 is 4.90 Å².